The minimum Gasteiger partial charge on any atom is -0.443 e. The van der Waals surface area contributed by atoms with Crippen molar-refractivity contribution in [2.24, 2.45) is 16.8 Å². The van der Waals surface area contributed by atoms with Crippen molar-refractivity contribution in [3.8, 4) is 0 Å². The molecule has 8 heteroatoms. The fraction of sp³-hybridized carbons (Fsp3) is 0.364. The zero-order chi connectivity index (χ0) is 21.3. The second kappa shape index (κ2) is 8.14. The van der Waals surface area contributed by atoms with E-state index in [1.54, 1.807) is 12.1 Å². The average molecular weight is 407 g/mol. The topological polar surface area (TPSA) is 116 Å². The van der Waals surface area contributed by atoms with Crippen molar-refractivity contribution >= 4 is 28.7 Å². The number of aromatic nitrogens is 2. The van der Waals surface area contributed by atoms with Crippen LogP contribution in [0.1, 0.15) is 60.2 Å². The monoisotopic (exact) mass is 407 g/mol. The molecule has 0 aliphatic heterocycles. The van der Waals surface area contributed by atoms with Crippen LogP contribution >= 0.6 is 0 Å². The van der Waals surface area contributed by atoms with Crippen LogP contribution in [0.15, 0.2) is 39.9 Å². The van der Waals surface area contributed by atoms with Gasteiger partial charge in [-0.1, -0.05) is 24.2 Å². The Morgan fingerprint density at radius 2 is 2.07 bits per heavy atom. The molecule has 0 unspecified atom stereocenters. The molecule has 3 N–H and O–H groups in total. The maximum absolute atomic E-state index is 12.2. The number of nitrogens with one attached hydrogen (secondary N) is 1. The molecule has 30 heavy (non-hydrogen) atoms. The third-order valence-electron chi connectivity index (χ3n) is 5.13. The minimum atomic E-state index is -0.524. The summed E-state index contributed by atoms with van der Waals surface area (Å²) in [5.41, 5.74) is 7.75. The smallest absolute Gasteiger partial charge is 0.365 e. The molecule has 1 aliphatic carbocycles. The van der Waals surface area contributed by atoms with E-state index < -0.39 is 5.97 Å². The first-order chi connectivity index (χ1) is 14.4. The van der Waals surface area contributed by atoms with Crippen molar-refractivity contribution in [2.45, 2.75) is 46.1 Å². The second-order valence-corrected chi connectivity index (χ2v) is 7.56. The Bertz CT molecular complexity index is 1100. The first-order valence-electron chi connectivity index (χ1n) is 10.1. The van der Waals surface area contributed by atoms with Gasteiger partial charge in [0.15, 0.2) is 0 Å². The number of carbonyl (C=O) groups is 1. The fourth-order valence-electron chi connectivity index (χ4n) is 3.16. The van der Waals surface area contributed by atoms with E-state index in [4.69, 9.17) is 15.0 Å². The number of furan rings is 1. The Hall–Kier alpha value is -3.42. The van der Waals surface area contributed by atoms with E-state index in [1.807, 2.05) is 39.0 Å². The van der Waals surface area contributed by atoms with Gasteiger partial charge in [-0.2, -0.15) is 4.98 Å². The van der Waals surface area contributed by atoms with Crippen molar-refractivity contribution in [3.05, 3.63) is 53.0 Å². The van der Waals surface area contributed by atoms with Crippen molar-refractivity contribution in [1.82, 2.24) is 9.97 Å². The van der Waals surface area contributed by atoms with Crippen molar-refractivity contribution in [3.63, 3.8) is 0 Å². The zero-order valence-corrected chi connectivity index (χ0v) is 17.3. The van der Waals surface area contributed by atoms with E-state index in [-0.39, 0.29) is 12.0 Å². The minimum absolute atomic E-state index is 0.0453. The molecule has 2 aromatic heterocycles. The highest BCUT2D eigenvalue weighted by Crippen LogP contribution is 2.29. The third kappa shape index (κ3) is 4.27. The first-order valence-corrected chi connectivity index (χ1v) is 10.1. The number of rotatable bonds is 7. The van der Waals surface area contributed by atoms with Crippen LogP contribution in [-0.2, 0) is 11.3 Å². The largest absolute Gasteiger partial charge is 0.443 e. The predicted octanol–water partition coefficient (Wildman–Crippen LogP) is 4.11. The summed E-state index contributed by atoms with van der Waals surface area (Å²) in [7, 11) is 0. The summed E-state index contributed by atoms with van der Waals surface area (Å²) in [6, 6.07) is 9.10. The van der Waals surface area contributed by atoms with Gasteiger partial charge < -0.3 is 20.3 Å². The SMILES string of the molecule is CCc1cc2c(N[C@@H](C)c3ccc(C(=O)O/N=C(\N)C4CC4)cc3)nc(C)nc2o1. The lowest BCUT2D eigenvalue weighted by Gasteiger charge is -2.16. The Labute approximate surface area is 174 Å². The first kappa shape index (κ1) is 19.9. The number of amidine groups is 1. The number of hydrogen-bond acceptors (Lipinski definition) is 7. The number of anilines is 1. The number of aryl methyl sites for hydroxylation is 2. The number of hydrogen-bond donors (Lipinski definition) is 2. The Balaban J connectivity index is 1.47. The van der Waals surface area contributed by atoms with Gasteiger partial charge in [0.25, 0.3) is 0 Å². The Morgan fingerprint density at radius 3 is 2.73 bits per heavy atom. The van der Waals surface area contributed by atoms with Gasteiger partial charge in [0, 0.05) is 18.4 Å². The molecule has 0 spiro atoms. The Morgan fingerprint density at radius 1 is 1.33 bits per heavy atom. The number of benzene rings is 1. The van der Waals surface area contributed by atoms with Gasteiger partial charge in [-0.15, -0.1) is 0 Å². The number of carbonyl (C=O) groups excluding carboxylic acids is 1. The lowest BCUT2D eigenvalue weighted by atomic mass is 10.1. The molecular formula is C22H25N5O3. The lowest BCUT2D eigenvalue weighted by molar-refractivity contribution is 0.0514. The third-order valence-corrected chi connectivity index (χ3v) is 5.13. The fourth-order valence-corrected chi connectivity index (χ4v) is 3.16. The highest BCUT2D eigenvalue weighted by Gasteiger charge is 2.26. The van der Waals surface area contributed by atoms with Crippen LogP contribution in [0, 0.1) is 12.8 Å². The normalized spacial score (nSPS) is 15.2. The molecule has 1 atom stereocenters. The van der Waals surface area contributed by atoms with E-state index in [2.05, 4.69) is 20.4 Å². The van der Waals surface area contributed by atoms with Crippen LogP contribution in [-0.4, -0.2) is 21.8 Å². The summed E-state index contributed by atoms with van der Waals surface area (Å²) >= 11 is 0. The van der Waals surface area contributed by atoms with Gasteiger partial charge in [0.1, 0.15) is 23.2 Å². The predicted molar refractivity (Wildman–Crippen MR) is 114 cm³/mol. The molecule has 8 nitrogen and oxygen atoms in total. The van der Waals surface area contributed by atoms with Gasteiger partial charge in [0.2, 0.25) is 5.71 Å². The summed E-state index contributed by atoms with van der Waals surface area (Å²) in [6.07, 6.45) is 2.80. The van der Waals surface area contributed by atoms with Gasteiger partial charge >= 0.3 is 5.97 Å². The van der Waals surface area contributed by atoms with Gasteiger partial charge in [-0.25, -0.2) is 9.78 Å². The summed E-state index contributed by atoms with van der Waals surface area (Å²) in [5.74, 6) is 2.35. The summed E-state index contributed by atoms with van der Waals surface area (Å²) in [4.78, 5) is 26.0. The molecule has 4 rings (SSSR count). The van der Waals surface area contributed by atoms with Gasteiger partial charge in [-0.3, -0.25) is 0 Å². The maximum Gasteiger partial charge on any atom is 0.365 e. The molecule has 0 saturated heterocycles. The summed E-state index contributed by atoms with van der Waals surface area (Å²) in [6.45, 7) is 5.90. The molecule has 1 aromatic carbocycles. The molecule has 2 heterocycles. The number of oxime groups is 1. The van der Waals surface area contributed by atoms with E-state index in [0.717, 1.165) is 41.8 Å². The lowest BCUT2D eigenvalue weighted by Crippen LogP contribution is -2.15. The molecule has 0 radical (unpaired) electrons. The van der Waals surface area contributed by atoms with Crippen LogP contribution < -0.4 is 11.1 Å². The maximum atomic E-state index is 12.2. The average Bonchev–Trinajstić information content (AvgIpc) is 3.51. The Kier molecular flexibility index (Phi) is 5.39. The van der Waals surface area contributed by atoms with Gasteiger partial charge in [0.05, 0.1) is 10.9 Å². The van der Waals surface area contributed by atoms with Crippen LogP contribution in [0.3, 0.4) is 0 Å². The molecule has 0 bridgehead atoms. The zero-order valence-electron chi connectivity index (χ0n) is 17.3. The molecule has 1 aliphatic rings. The number of nitrogens with zero attached hydrogens (tertiary/aromatic N) is 3. The van der Waals surface area contributed by atoms with E-state index >= 15 is 0 Å². The van der Waals surface area contributed by atoms with E-state index in [9.17, 15) is 4.79 Å². The summed E-state index contributed by atoms with van der Waals surface area (Å²) < 4.78 is 5.76. The molecule has 1 fully saturated rings. The van der Waals surface area contributed by atoms with Crippen molar-refractivity contribution in [2.75, 3.05) is 5.32 Å². The number of fused-ring (bicyclic) bond motifs is 1. The van der Waals surface area contributed by atoms with Gasteiger partial charge in [-0.05, 0) is 50.5 Å². The molecule has 1 saturated carbocycles. The summed E-state index contributed by atoms with van der Waals surface area (Å²) in [5, 5.41) is 8.01. The highest BCUT2D eigenvalue weighted by molar-refractivity contribution is 5.91. The van der Waals surface area contributed by atoms with E-state index in [1.165, 1.54) is 0 Å². The standard InChI is InChI=1S/C22H25N5O3/c1-4-17-11-18-20(25-13(3)26-21(18)29-17)24-12(2)14-5-9-16(10-6-14)22(28)30-27-19(23)15-7-8-15/h5-6,9-12,15H,4,7-8H2,1-3H3,(H2,23,27)(H,24,25,26)/t12-/m0/s1. The highest BCUT2D eigenvalue weighted by atomic mass is 16.7. The van der Waals surface area contributed by atoms with E-state index in [0.29, 0.717) is 22.9 Å². The molecule has 156 valence electrons. The number of nitrogens with two attached hydrogens (primary N) is 1. The van der Waals surface area contributed by atoms with Crippen LogP contribution in [0.25, 0.3) is 11.1 Å². The second-order valence-electron chi connectivity index (χ2n) is 7.56. The van der Waals surface area contributed by atoms with Crippen LogP contribution in [0.5, 0.6) is 0 Å². The quantitative estimate of drug-likeness (QED) is 0.262. The van der Waals surface area contributed by atoms with Crippen molar-refractivity contribution in [1.29, 1.82) is 0 Å². The molecule has 3 aromatic rings. The van der Waals surface area contributed by atoms with Crippen LogP contribution in [0.4, 0.5) is 5.82 Å². The molecule has 0 amide bonds. The van der Waals surface area contributed by atoms with Crippen molar-refractivity contribution < 1.29 is 14.0 Å². The van der Waals surface area contributed by atoms with Crippen LogP contribution in [0.2, 0.25) is 0 Å². The molecular weight excluding hydrogens is 382 g/mol.